The van der Waals surface area contributed by atoms with Crippen molar-refractivity contribution in [2.24, 2.45) is 10.9 Å². The molecule has 1 aromatic heterocycles. The summed E-state index contributed by atoms with van der Waals surface area (Å²) in [7, 11) is 0. The lowest BCUT2D eigenvalue weighted by Crippen LogP contribution is -2.13. The first-order valence-corrected chi connectivity index (χ1v) is 7.64. The molecule has 0 aliphatic carbocycles. The minimum atomic E-state index is -0.117. The number of benzene rings is 1. The molecule has 0 aliphatic heterocycles. The molecule has 6 nitrogen and oxygen atoms in total. The average molecular weight is 376 g/mol. The fourth-order valence-corrected chi connectivity index (χ4v) is 2.67. The third kappa shape index (κ3) is 3.96. The highest BCUT2D eigenvalue weighted by Crippen LogP contribution is 2.37. The van der Waals surface area contributed by atoms with Crippen LogP contribution in [0, 0.1) is 0 Å². The Balaban J connectivity index is 2.39. The van der Waals surface area contributed by atoms with Gasteiger partial charge in [-0.05, 0) is 23.6 Å². The van der Waals surface area contributed by atoms with E-state index in [1.807, 2.05) is 13.8 Å². The van der Waals surface area contributed by atoms with Crippen LogP contribution in [-0.2, 0) is 0 Å². The third-order valence-corrected chi connectivity index (χ3v) is 3.84. The van der Waals surface area contributed by atoms with Crippen molar-refractivity contribution in [3.63, 3.8) is 0 Å². The van der Waals surface area contributed by atoms with Gasteiger partial charge in [-0.3, -0.25) is 0 Å². The highest BCUT2D eigenvalue weighted by molar-refractivity contribution is 6.37. The number of nitrogens with zero attached hydrogens (tertiary/aromatic N) is 3. The van der Waals surface area contributed by atoms with Crippen molar-refractivity contribution in [3.8, 4) is 11.6 Å². The zero-order valence-electron chi connectivity index (χ0n) is 12.2. The molecule has 23 heavy (non-hydrogen) atoms. The van der Waals surface area contributed by atoms with Crippen LogP contribution in [0.15, 0.2) is 23.4 Å². The quantitative estimate of drug-likeness (QED) is 0.356. The van der Waals surface area contributed by atoms with Crippen LogP contribution >= 0.6 is 34.8 Å². The Morgan fingerprint density at radius 3 is 2.30 bits per heavy atom. The standard InChI is InChI=1S/C14H13Cl3N4O2/c1-6(2)8-5-11(19-20-13(8)17)23-12-9(15)3-7(4-10(12)16)14(18)21-22/h3-6,22H,1-2H3,(H2,18,21). The van der Waals surface area contributed by atoms with Gasteiger partial charge in [-0.2, -0.15) is 0 Å². The molecule has 0 amide bonds. The predicted molar refractivity (Wildman–Crippen MR) is 90.2 cm³/mol. The molecular weight excluding hydrogens is 363 g/mol. The molecule has 1 heterocycles. The molecule has 0 bridgehead atoms. The van der Waals surface area contributed by atoms with E-state index in [1.54, 1.807) is 6.07 Å². The van der Waals surface area contributed by atoms with E-state index in [1.165, 1.54) is 12.1 Å². The van der Waals surface area contributed by atoms with Crippen molar-refractivity contribution in [1.29, 1.82) is 0 Å². The molecule has 0 fully saturated rings. The van der Waals surface area contributed by atoms with Crippen LogP contribution in [0.2, 0.25) is 15.2 Å². The van der Waals surface area contributed by atoms with Gasteiger partial charge >= 0.3 is 0 Å². The number of amidine groups is 1. The van der Waals surface area contributed by atoms with Crippen molar-refractivity contribution in [2.75, 3.05) is 0 Å². The maximum Gasteiger partial charge on any atom is 0.239 e. The smallest absolute Gasteiger partial charge is 0.239 e. The second-order valence-electron chi connectivity index (χ2n) is 4.94. The number of hydrogen-bond donors (Lipinski definition) is 2. The average Bonchev–Trinajstić information content (AvgIpc) is 2.51. The van der Waals surface area contributed by atoms with Crippen molar-refractivity contribution in [1.82, 2.24) is 10.2 Å². The minimum absolute atomic E-state index is 0.117. The fraction of sp³-hybridized carbons (Fsp3) is 0.214. The number of hydrogen-bond acceptors (Lipinski definition) is 5. The predicted octanol–water partition coefficient (Wildman–Crippen LogP) is 4.45. The molecule has 0 atom stereocenters. The van der Waals surface area contributed by atoms with Gasteiger partial charge in [0.05, 0.1) is 10.0 Å². The lowest BCUT2D eigenvalue weighted by Gasteiger charge is -2.12. The largest absolute Gasteiger partial charge is 0.434 e. The van der Waals surface area contributed by atoms with Crippen LogP contribution in [0.5, 0.6) is 11.6 Å². The molecule has 1 aromatic carbocycles. The Kier molecular flexibility index (Phi) is 5.51. The molecule has 0 unspecified atom stereocenters. The summed E-state index contributed by atoms with van der Waals surface area (Å²) in [6, 6.07) is 4.60. The van der Waals surface area contributed by atoms with E-state index < -0.39 is 0 Å². The van der Waals surface area contributed by atoms with E-state index in [4.69, 9.17) is 50.5 Å². The van der Waals surface area contributed by atoms with Crippen molar-refractivity contribution >= 4 is 40.6 Å². The second-order valence-corrected chi connectivity index (χ2v) is 6.11. The maximum absolute atomic E-state index is 8.70. The lowest BCUT2D eigenvalue weighted by atomic mass is 10.1. The molecule has 0 spiro atoms. The Morgan fingerprint density at radius 2 is 1.78 bits per heavy atom. The van der Waals surface area contributed by atoms with Crippen LogP contribution in [0.3, 0.4) is 0 Å². The van der Waals surface area contributed by atoms with Crippen LogP contribution in [0.25, 0.3) is 0 Å². The van der Waals surface area contributed by atoms with Gasteiger partial charge in [0, 0.05) is 11.6 Å². The molecular formula is C14H13Cl3N4O2. The highest BCUT2D eigenvalue weighted by Gasteiger charge is 2.15. The summed E-state index contributed by atoms with van der Waals surface area (Å²) >= 11 is 18.3. The summed E-state index contributed by atoms with van der Waals surface area (Å²) in [6.45, 7) is 3.94. The Bertz CT molecular complexity index is 743. The van der Waals surface area contributed by atoms with E-state index in [9.17, 15) is 0 Å². The summed E-state index contributed by atoms with van der Waals surface area (Å²) in [6.07, 6.45) is 0. The third-order valence-electron chi connectivity index (χ3n) is 2.98. The lowest BCUT2D eigenvalue weighted by molar-refractivity contribution is 0.318. The number of ether oxygens (including phenoxy) is 1. The van der Waals surface area contributed by atoms with Gasteiger partial charge in [-0.1, -0.05) is 53.8 Å². The molecule has 0 aliphatic rings. The van der Waals surface area contributed by atoms with Crippen LogP contribution in [0.4, 0.5) is 0 Å². The zero-order valence-corrected chi connectivity index (χ0v) is 14.5. The maximum atomic E-state index is 8.70. The molecule has 122 valence electrons. The molecule has 2 rings (SSSR count). The van der Waals surface area contributed by atoms with Crippen molar-refractivity contribution in [2.45, 2.75) is 19.8 Å². The topological polar surface area (TPSA) is 93.6 Å². The van der Waals surface area contributed by atoms with E-state index in [0.717, 1.165) is 5.56 Å². The van der Waals surface area contributed by atoms with E-state index in [-0.39, 0.29) is 33.4 Å². The van der Waals surface area contributed by atoms with E-state index in [0.29, 0.717) is 10.7 Å². The molecule has 2 aromatic rings. The molecule has 9 heteroatoms. The normalized spacial score (nSPS) is 11.8. The van der Waals surface area contributed by atoms with Crippen LogP contribution in [0.1, 0.15) is 30.9 Å². The van der Waals surface area contributed by atoms with Crippen LogP contribution < -0.4 is 10.5 Å². The minimum Gasteiger partial charge on any atom is -0.434 e. The van der Waals surface area contributed by atoms with Crippen molar-refractivity contribution in [3.05, 3.63) is 44.5 Å². The van der Waals surface area contributed by atoms with Crippen molar-refractivity contribution < 1.29 is 9.94 Å². The molecule has 0 saturated carbocycles. The summed E-state index contributed by atoms with van der Waals surface area (Å²) in [5.41, 5.74) is 6.66. The SMILES string of the molecule is CC(C)c1cc(Oc2c(Cl)cc(/C(N)=N\O)cc2Cl)nnc1Cl. The summed E-state index contributed by atoms with van der Waals surface area (Å²) < 4.78 is 5.61. The first-order valence-electron chi connectivity index (χ1n) is 6.51. The van der Waals surface area contributed by atoms with Gasteiger partial charge in [0.15, 0.2) is 16.7 Å². The fourth-order valence-electron chi connectivity index (χ4n) is 1.79. The number of nitrogens with two attached hydrogens (primary N) is 1. The second kappa shape index (κ2) is 7.21. The van der Waals surface area contributed by atoms with E-state index >= 15 is 0 Å². The zero-order chi connectivity index (χ0) is 17.1. The summed E-state index contributed by atoms with van der Waals surface area (Å²) in [4.78, 5) is 0. The van der Waals surface area contributed by atoms with Gasteiger partial charge in [0.2, 0.25) is 5.88 Å². The number of halogens is 3. The first-order chi connectivity index (χ1) is 10.8. The van der Waals surface area contributed by atoms with Gasteiger partial charge < -0.3 is 15.7 Å². The summed E-state index contributed by atoms with van der Waals surface area (Å²) in [5.74, 6) is 0.426. The molecule has 0 saturated heterocycles. The Morgan fingerprint density at radius 1 is 1.17 bits per heavy atom. The van der Waals surface area contributed by atoms with E-state index in [2.05, 4.69) is 15.4 Å². The Hall–Kier alpha value is -1.76. The Labute approximate surface area is 147 Å². The van der Waals surface area contributed by atoms with Gasteiger partial charge in [-0.25, -0.2) is 0 Å². The van der Waals surface area contributed by atoms with Gasteiger partial charge in [0.25, 0.3) is 0 Å². The summed E-state index contributed by atoms with van der Waals surface area (Å²) in [5, 5.41) is 20.0. The highest BCUT2D eigenvalue weighted by atomic mass is 35.5. The van der Waals surface area contributed by atoms with Gasteiger partial charge in [-0.15, -0.1) is 10.2 Å². The molecule has 3 N–H and O–H groups in total. The monoisotopic (exact) mass is 374 g/mol. The number of rotatable bonds is 4. The molecule has 0 radical (unpaired) electrons. The van der Waals surface area contributed by atoms with Crippen LogP contribution in [-0.4, -0.2) is 21.2 Å². The number of aromatic nitrogens is 2. The van der Waals surface area contributed by atoms with Gasteiger partial charge in [0.1, 0.15) is 0 Å². The number of oxime groups is 1. The first kappa shape index (κ1) is 17.6.